The van der Waals surface area contributed by atoms with Crippen molar-refractivity contribution in [2.24, 2.45) is 23.7 Å². The summed E-state index contributed by atoms with van der Waals surface area (Å²) in [5.74, 6) is -0.626. The highest BCUT2D eigenvalue weighted by molar-refractivity contribution is 6.35. The van der Waals surface area contributed by atoms with Crippen molar-refractivity contribution in [2.75, 3.05) is 11.9 Å². The number of nitrogens with one attached hydrogen (secondary N) is 1. The van der Waals surface area contributed by atoms with Crippen molar-refractivity contribution >= 4 is 46.6 Å². The van der Waals surface area contributed by atoms with Crippen molar-refractivity contribution < 1.29 is 14.4 Å². The Bertz CT molecular complexity index is 723. The zero-order valence-corrected chi connectivity index (χ0v) is 14.3. The number of halogens is 2. The van der Waals surface area contributed by atoms with Crippen LogP contribution in [0.3, 0.4) is 0 Å². The summed E-state index contributed by atoms with van der Waals surface area (Å²) in [6, 6.07) is 4.72. The number of anilines is 1. The minimum absolute atomic E-state index is 0.190. The van der Waals surface area contributed by atoms with E-state index in [1.54, 1.807) is 12.1 Å². The second-order valence-electron chi connectivity index (χ2n) is 6.82. The van der Waals surface area contributed by atoms with Gasteiger partial charge in [-0.05, 0) is 49.3 Å². The molecule has 2 aliphatic carbocycles. The fraction of sp³-hybridized carbons (Fsp3) is 0.471. The van der Waals surface area contributed by atoms with Crippen molar-refractivity contribution in [1.29, 1.82) is 0 Å². The van der Waals surface area contributed by atoms with E-state index < -0.39 is 5.91 Å². The number of amides is 3. The molecular weight excluding hydrogens is 351 g/mol. The molecule has 1 heterocycles. The lowest BCUT2D eigenvalue weighted by molar-refractivity contribution is -0.143. The van der Waals surface area contributed by atoms with Crippen LogP contribution < -0.4 is 5.32 Å². The normalized spacial score (nSPS) is 30.8. The van der Waals surface area contributed by atoms with Crippen LogP contribution in [0.1, 0.15) is 19.3 Å². The molecule has 126 valence electrons. The van der Waals surface area contributed by atoms with E-state index in [-0.39, 0.29) is 30.2 Å². The van der Waals surface area contributed by atoms with Crippen molar-refractivity contribution in [3.05, 3.63) is 28.2 Å². The van der Waals surface area contributed by atoms with Crippen LogP contribution in [0.5, 0.6) is 0 Å². The first-order valence-electron chi connectivity index (χ1n) is 8.06. The lowest BCUT2D eigenvalue weighted by atomic mass is 9.81. The maximum absolute atomic E-state index is 12.6. The van der Waals surface area contributed by atoms with E-state index in [2.05, 4.69) is 5.32 Å². The van der Waals surface area contributed by atoms with Gasteiger partial charge in [-0.3, -0.25) is 19.3 Å². The van der Waals surface area contributed by atoms with Crippen LogP contribution in [0, 0.1) is 23.7 Å². The number of nitrogens with zero attached hydrogens (tertiary/aromatic N) is 1. The molecule has 0 unspecified atom stereocenters. The standard InChI is InChI=1S/C17H16Cl2N2O3/c18-10-3-4-11(19)12(6-10)20-13(22)7-21-16(23)14-8-1-2-9(5-8)15(14)17(21)24/h3-4,6,8-9,14-15H,1-2,5,7H2,(H,20,22)/t8-,9-,14-,15+/m0/s1. The topological polar surface area (TPSA) is 66.5 Å². The average molecular weight is 367 g/mol. The van der Waals surface area contributed by atoms with Gasteiger partial charge in [-0.2, -0.15) is 0 Å². The van der Waals surface area contributed by atoms with Gasteiger partial charge in [0.05, 0.1) is 22.5 Å². The van der Waals surface area contributed by atoms with Crippen molar-refractivity contribution in [3.8, 4) is 0 Å². The molecule has 2 saturated carbocycles. The highest BCUT2D eigenvalue weighted by Gasteiger charge is 2.60. The predicted molar refractivity (Wildman–Crippen MR) is 89.6 cm³/mol. The Morgan fingerprint density at radius 3 is 2.38 bits per heavy atom. The molecule has 1 aromatic rings. The molecule has 0 spiro atoms. The Morgan fingerprint density at radius 2 is 1.75 bits per heavy atom. The van der Waals surface area contributed by atoms with E-state index in [9.17, 15) is 14.4 Å². The smallest absolute Gasteiger partial charge is 0.244 e. The Morgan fingerprint density at radius 1 is 1.12 bits per heavy atom. The van der Waals surface area contributed by atoms with Crippen molar-refractivity contribution in [3.63, 3.8) is 0 Å². The molecular formula is C17H16Cl2N2O3. The number of fused-ring (bicyclic) bond motifs is 5. The zero-order valence-electron chi connectivity index (χ0n) is 12.8. The van der Waals surface area contributed by atoms with Crippen molar-refractivity contribution in [2.45, 2.75) is 19.3 Å². The molecule has 7 heteroatoms. The van der Waals surface area contributed by atoms with Gasteiger partial charge in [-0.15, -0.1) is 0 Å². The van der Waals surface area contributed by atoms with Crippen LogP contribution in [-0.2, 0) is 14.4 Å². The molecule has 1 saturated heterocycles. The van der Waals surface area contributed by atoms with Crippen LogP contribution in [0.25, 0.3) is 0 Å². The number of carbonyl (C=O) groups is 3. The third-order valence-corrected chi connectivity index (χ3v) is 6.09. The summed E-state index contributed by atoms with van der Waals surface area (Å²) in [7, 11) is 0. The van der Waals surface area contributed by atoms with Gasteiger partial charge in [0.2, 0.25) is 17.7 Å². The summed E-state index contributed by atoms with van der Waals surface area (Å²) < 4.78 is 0. The first kappa shape index (κ1) is 15.9. The summed E-state index contributed by atoms with van der Waals surface area (Å²) in [6.45, 7) is -0.271. The van der Waals surface area contributed by atoms with Gasteiger partial charge in [0.15, 0.2) is 0 Å². The lowest BCUT2D eigenvalue weighted by Crippen LogP contribution is -2.39. The van der Waals surface area contributed by atoms with Gasteiger partial charge in [0.1, 0.15) is 6.54 Å². The molecule has 2 bridgehead atoms. The number of hydrogen-bond acceptors (Lipinski definition) is 3. The molecule has 1 N–H and O–H groups in total. The number of rotatable bonds is 3. The first-order chi connectivity index (χ1) is 11.5. The fourth-order valence-electron chi connectivity index (χ4n) is 4.55. The highest BCUT2D eigenvalue weighted by atomic mass is 35.5. The van der Waals surface area contributed by atoms with Crippen LogP contribution in [0.15, 0.2) is 18.2 Å². The number of imide groups is 1. The number of carbonyl (C=O) groups excluding carboxylic acids is 3. The lowest BCUT2D eigenvalue weighted by Gasteiger charge is -2.19. The number of hydrogen-bond donors (Lipinski definition) is 1. The fourth-order valence-corrected chi connectivity index (χ4v) is 4.89. The monoisotopic (exact) mass is 366 g/mol. The van der Waals surface area contributed by atoms with Crippen molar-refractivity contribution in [1.82, 2.24) is 4.90 Å². The van der Waals surface area contributed by atoms with E-state index in [1.165, 1.54) is 6.07 Å². The second kappa shape index (κ2) is 5.74. The van der Waals surface area contributed by atoms with Gasteiger partial charge in [-0.1, -0.05) is 23.2 Å². The summed E-state index contributed by atoms with van der Waals surface area (Å²) >= 11 is 11.9. The summed E-state index contributed by atoms with van der Waals surface area (Å²) in [5.41, 5.74) is 0.369. The largest absolute Gasteiger partial charge is 0.323 e. The number of benzene rings is 1. The summed E-state index contributed by atoms with van der Waals surface area (Å²) in [6.07, 6.45) is 3.01. The van der Waals surface area contributed by atoms with Gasteiger partial charge < -0.3 is 5.32 Å². The maximum Gasteiger partial charge on any atom is 0.244 e. The first-order valence-corrected chi connectivity index (χ1v) is 8.81. The minimum atomic E-state index is -0.451. The van der Waals surface area contributed by atoms with Gasteiger partial charge >= 0.3 is 0 Å². The Labute approximate surface area is 149 Å². The minimum Gasteiger partial charge on any atom is -0.323 e. The van der Waals surface area contributed by atoms with E-state index >= 15 is 0 Å². The molecule has 1 aromatic carbocycles. The second-order valence-corrected chi connectivity index (χ2v) is 7.66. The van der Waals surface area contributed by atoms with Gasteiger partial charge in [0, 0.05) is 5.02 Å². The van der Waals surface area contributed by atoms with E-state index in [0.29, 0.717) is 27.6 Å². The molecule has 3 aliphatic rings. The summed E-state index contributed by atoms with van der Waals surface area (Å²) in [4.78, 5) is 38.5. The predicted octanol–water partition coefficient (Wildman–Crippen LogP) is 2.96. The molecule has 4 rings (SSSR count). The van der Waals surface area contributed by atoms with Crippen LogP contribution in [0.4, 0.5) is 5.69 Å². The molecule has 3 amide bonds. The van der Waals surface area contributed by atoms with E-state index in [0.717, 1.165) is 24.2 Å². The van der Waals surface area contributed by atoms with E-state index in [1.807, 2.05) is 0 Å². The Hall–Kier alpha value is -1.59. The SMILES string of the molecule is O=C(CN1C(=O)[C@@H]2[C@H]3CC[C@@H](C3)[C@@H]2C1=O)Nc1cc(Cl)ccc1Cl. The van der Waals surface area contributed by atoms with Gasteiger partial charge in [-0.25, -0.2) is 0 Å². The molecule has 1 aliphatic heterocycles. The van der Waals surface area contributed by atoms with Crippen LogP contribution in [0.2, 0.25) is 10.0 Å². The van der Waals surface area contributed by atoms with Gasteiger partial charge in [0.25, 0.3) is 0 Å². The molecule has 0 aromatic heterocycles. The average Bonchev–Trinajstić information content (AvgIpc) is 3.21. The number of likely N-dealkylation sites (tertiary alicyclic amines) is 1. The quantitative estimate of drug-likeness (QED) is 0.836. The third-order valence-electron chi connectivity index (χ3n) is 5.52. The zero-order chi connectivity index (χ0) is 17.0. The molecule has 3 fully saturated rings. The molecule has 4 atom stereocenters. The molecule has 24 heavy (non-hydrogen) atoms. The molecule has 0 radical (unpaired) electrons. The van der Waals surface area contributed by atoms with Crippen LogP contribution >= 0.6 is 23.2 Å². The highest BCUT2D eigenvalue weighted by Crippen LogP contribution is 2.56. The molecule has 5 nitrogen and oxygen atoms in total. The van der Waals surface area contributed by atoms with Crippen LogP contribution in [-0.4, -0.2) is 29.2 Å². The third kappa shape index (κ3) is 2.42. The Kier molecular flexibility index (Phi) is 3.81. The Balaban J connectivity index is 1.47. The maximum atomic E-state index is 12.6. The summed E-state index contributed by atoms with van der Waals surface area (Å²) in [5, 5.41) is 3.41. The van der Waals surface area contributed by atoms with E-state index in [4.69, 9.17) is 23.2 Å².